The van der Waals surface area contributed by atoms with Gasteiger partial charge in [-0.05, 0) is 25.1 Å². The number of nitrogens with one attached hydrogen (secondary N) is 1. The van der Waals surface area contributed by atoms with E-state index in [1.807, 2.05) is 26.8 Å². The molecule has 0 atom stereocenters. The Morgan fingerprint density at radius 1 is 1.25 bits per heavy atom. The Kier molecular flexibility index (Phi) is 5.50. The van der Waals surface area contributed by atoms with Crippen molar-refractivity contribution in [2.75, 3.05) is 11.9 Å². The molecule has 1 aromatic carbocycles. The molecule has 4 heteroatoms. The second kappa shape index (κ2) is 6.89. The minimum Gasteiger partial charge on any atom is -0.462 e. The lowest BCUT2D eigenvalue weighted by Crippen LogP contribution is -2.17. The molecule has 1 N–H and O–H groups in total. The highest BCUT2D eigenvalue weighted by atomic mass is 16.5. The molecule has 0 aliphatic rings. The summed E-state index contributed by atoms with van der Waals surface area (Å²) in [5, 5.41) is 2.95. The van der Waals surface area contributed by atoms with Crippen molar-refractivity contribution < 1.29 is 14.3 Å². The van der Waals surface area contributed by atoms with E-state index in [4.69, 9.17) is 4.74 Å². The lowest BCUT2D eigenvalue weighted by molar-refractivity contribution is -0.121. The Bertz CT molecular complexity index is 513. The zero-order valence-corrected chi connectivity index (χ0v) is 12.4. The molecule has 20 heavy (non-hydrogen) atoms. The number of hydrogen-bond donors (Lipinski definition) is 1. The van der Waals surface area contributed by atoms with Crippen LogP contribution >= 0.6 is 0 Å². The summed E-state index contributed by atoms with van der Waals surface area (Å²) in [6.45, 7) is 7.64. The van der Waals surface area contributed by atoms with E-state index in [2.05, 4.69) is 5.32 Å². The fourth-order valence-electron chi connectivity index (χ4n) is 1.45. The molecule has 0 unspecified atom stereocenters. The van der Waals surface area contributed by atoms with E-state index in [1.54, 1.807) is 31.3 Å². The van der Waals surface area contributed by atoms with Crippen LogP contribution in [0.2, 0.25) is 0 Å². The van der Waals surface area contributed by atoms with Gasteiger partial charge in [-0.3, -0.25) is 4.79 Å². The predicted octanol–water partition coefficient (Wildman–Crippen LogP) is 3.40. The number of benzene rings is 1. The molecule has 1 rings (SSSR count). The molecule has 108 valence electrons. The monoisotopic (exact) mass is 275 g/mol. The second-order valence-electron chi connectivity index (χ2n) is 5.36. The maximum atomic E-state index is 11.8. The molecule has 0 aliphatic heterocycles. The molecule has 4 nitrogen and oxygen atoms in total. The third-order valence-corrected chi connectivity index (χ3v) is 2.64. The molecule has 1 aromatic rings. The maximum absolute atomic E-state index is 11.8. The first kappa shape index (κ1) is 16.0. The Balaban J connectivity index is 2.81. The average Bonchev–Trinajstić information content (AvgIpc) is 2.38. The molecule has 0 radical (unpaired) electrons. The number of hydrogen-bond acceptors (Lipinski definition) is 4. The Morgan fingerprint density at radius 2 is 1.90 bits per heavy atom. The van der Waals surface area contributed by atoms with Crippen LogP contribution in [0.15, 0.2) is 36.5 Å². The number of esters is 1. The highest BCUT2D eigenvalue weighted by Crippen LogP contribution is 2.17. The van der Waals surface area contributed by atoms with E-state index in [0.717, 1.165) is 0 Å². The zero-order valence-electron chi connectivity index (χ0n) is 12.4. The molecule has 0 heterocycles. The lowest BCUT2D eigenvalue weighted by Gasteiger charge is -2.13. The van der Waals surface area contributed by atoms with Crippen LogP contribution in [-0.4, -0.2) is 18.4 Å². The van der Waals surface area contributed by atoms with Gasteiger partial charge >= 0.3 is 5.97 Å². The van der Waals surface area contributed by atoms with Crippen molar-refractivity contribution in [1.82, 2.24) is 0 Å². The molecule has 0 saturated carbocycles. The highest BCUT2D eigenvalue weighted by Gasteiger charge is 2.18. The van der Waals surface area contributed by atoms with Crippen molar-refractivity contribution in [3.8, 4) is 0 Å². The van der Waals surface area contributed by atoms with Crippen molar-refractivity contribution in [2.24, 2.45) is 5.41 Å². The van der Waals surface area contributed by atoms with E-state index in [-0.39, 0.29) is 11.8 Å². The summed E-state index contributed by atoms with van der Waals surface area (Å²) in [5.41, 5.74) is 0.643. The van der Waals surface area contributed by atoms with Crippen LogP contribution in [0.5, 0.6) is 0 Å². The van der Waals surface area contributed by atoms with Crippen LogP contribution in [0.25, 0.3) is 0 Å². The normalized spacial score (nSPS) is 11.4. The number of ether oxygens (including phenoxy) is 1. The third-order valence-electron chi connectivity index (χ3n) is 2.64. The van der Waals surface area contributed by atoms with E-state index < -0.39 is 5.41 Å². The average molecular weight is 275 g/mol. The lowest BCUT2D eigenvalue weighted by atomic mass is 9.91. The molecule has 0 amide bonds. The minimum absolute atomic E-state index is 0.0126. The SMILES string of the molecule is CCOC(=O)c1ccccc1NC=CC(=O)C(C)(C)C. The number of rotatable bonds is 5. The summed E-state index contributed by atoms with van der Waals surface area (Å²) in [6, 6.07) is 7.02. The predicted molar refractivity (Wildman–Crippen MR) is 79.6 cm³/mol. The molecular formula is C16H21NO3. The van der Waals surface area contributed by atoms with Crippen molar-refractivity contribution in [3.05, 3.63) is 42.1 Å². The standard InChI is InChI=1S/C16H21NO3/c1-5-20-15(19)12-8-6-7-9-13(12)17-11-10-14(18)16(2,3)4/h6-11,17H,5H2,1-4H3. The Morgan fingerprint density at radius 3 is 2.50 bits per heavy atom. The van der Waals surface area contributed by atoms with Crippen molar-refractivity contribution in [3.63, 3.8) is 0 Å². The van der Waals surface area contributed by atoms with Gasteiger partial charge < -0.3 is 10.1 Å². The van der Waals surface area contributed by atoms with Gasteiger partial charge in [0, 0.05) is 11.6 Å². The van der Waals surface area contributed by atoms with Crippen LogP contribution < -0.4 is 5.32 Å². The molecule has 0 bridgehead atoms. The van der Waals surface area contributed by atoms with Crippen molar-refractivity contribution in [2.45, 2.75) is 27.7 Å². The van der Waals surface area contributed by atoms with Gasteiger partial charge in [-0.1, -0.05) is 32.9 Å². The Labute approximate surface area is 119 Å². The van der Waals surface area contributed by atoms with Gasteiger partial charge in [0.15, 0.2) is 5.78 Å². The number of carbonyl (C=O) groups is 2. The van der Waals surface area contributed by atoms with Crippen LogP contribution in [0.1, 0.15) is 38.1 Å². The van der Waals surface area contributed by atoms with Gasteiger partial charge in [-0.15, -0.1) is 0 Å². The zero-order chi connectivity index (χ0) is 15.2. The second-order valence-corrected chi connectivity index (χ2v) is 5.36. The van der Waals surface area contributed by atoms with Gasteiger partial charge in [0.2, 0.25) is 0 Å². The minimum atomic E-state index is -0.418. The van der Waals surface area contributed by atoms with Crippen LogP contribution in [0, 0.1) is 5.41 Å². The van der Waals surface area contributed by atoms with Crippen LogP contribution in [0.3, 0.4) is 0 Å². The topological polar surface area (TPSA) is 55.4 Å². The van der Waals surface area contributed by atoms with E-state index >= 15 is 0 Å². The fraction of sp³-hybridized carbons (Fsp3) is 0.375. The van der Waals surface area contributed by atoms with Crippen molar-refractivity contribution >= 4 is 17.4 Å². The van der Waals surface area contributed by atoms with E-state index in [9.17, 15) is 9.59 Å². The molecule has 0 fully saturated rings. The quantitative estimate of drug-likeness (QED) is 0.661. The maximum Gasteiger partial charge on any atom is 0.340 e. The van der Waals surface area contributed by atoms with Gasteiger partial charge in [-0.25, -0.2) is 4.79 Å². The van der Waals surface area contributed by atoms with Gasteiger partial charge in [0.25, 0.3) is 0 Å². The number of para-hydroxylation sites is 1. The molecule has 0 saturated heterocycles. The smallest absolute Gasteiger partial charge is 0.340 e. The number of ketones is 1. The summed E-state index contributed by atoms with van der Waals surface area (Å²) in [7, 11) is 0. The van der Waals surface area contributed by atoms with Crippen molar-refractivity contribution in [1.29, 1.82) is 0 Å². The first-order chi connectivity index (χ1) is 9.36. The number of carbonyl (C=O) groups excluding carboxylic acids is 2. The molecule has 0 spiro atoms. The van der Waals surface area contributed by atoms with Gasteiger partial charge in [0.1, 0.15) is 0 Å². The Hall–Kier alpha value is -2.10. The van der Waals surface area contributed by atoms with Crippen LogP contribution in [-0.2, 0) is 9.53 Å². The molecular weight excluding hydrogens is 254 g/mol. The van der Waals surface area contributed by atoms with E-state index in [0.29, 0.717) is 17.9 Å². The van der Waals surface area contributed by atoms with Gasteiger partial charge in [0.05, 0.1) is 17.9 Å². The summed E-state index contributed by atoms with van der Waals surface area (Å²) >= 11 is 0. The third kappa shape index (κ3) is 4.53. The molecule has 0 aliphatic carbocycles. The molecule has 0 aromatic heterocycles. The number of anilines is 1. The van der Waals surface area contributed by atoms with Crippen LogP contribution in [0.4, 0.5) is 5.69 Å². The summed E-state index contributed by atoms with van der Waals surface area (Å²) in [4.78, 5) is 23.5. The van der Waals surface area contributed by atoms with Gasteiger partial charge in [-0.2, -0.15) is 0 Å². The number of allylic oxidation sites excluding steroid dienone is 1. The summed E-state index contributed by atoms with van der Waals surface area (Å²) in [5.74, 6) is -0.371. The highest BCUT2D eigenvalue weighted by molar-refractivity contribution is 5.96. The summed E-state index contributed by atoms with van der Waals surface area (Å²) in [6.07, 6.45) is 3.02. The largest absolute Gasteiger partial charge is 0.462 e. The van der Waals surface area contributed by atoms with E-state index in [1.165, 1.54) is 6.08 Å². The first-order valence-electron chi connectivity index (χ1n) is 6.60. The fourth-order valence-corrected chi connectivity index (χ4v) is 1.45. The summed E-state index contributed by atoms with van der Waals surface area (Å²) < 4.78 is 4.98. The first-order valence-corrected chi connectivity index (χ1v) is 6.60.